The van der Waals surface area contributed by atoms with Crippen LogP contribution < -0.4 is 5.32 Å². The lowest BCUT2D eigenvalue weighted by molar-refractivity contribution is 0.0911. The molecule has 1 aromatic carbocycles. The van der Waals surface area contributed by atoms with Crippen LogP contribution in [-0.2, 0) is 0 Å². The van der Waals surface area contributed by atoms with Crippen molar-refractivity contribution in [2.45, 2.75) is 51.6 Å². The van der Waals surface area contributed by atoms with E-state index in [4.69, 9.17) is 0 Å². The zero-order valence-electron chi connectivity index (χ0n) is 13.1. The van der Waals surface area contributed by atoms with Gasteiger partial charge in [0.1, 0.15) is 0 Å². The molecule has 3 heteroatoms. The number of benzene rings is 1. The van der Waals surface area contributed by atoms with Crippen molar-refractivity contribution < 1.29 is 4.79 Å². The first kappa shape index (κ1) is 15.0. The minimum atomic E-state index is 0.0706. The van der Waals surface area contributed by atoms with E-state index in [1.54, 1.807) is 0 Å². The predicted molar refractivity (Wildman–Crippen MR) is 83.1 cm³/mol. The molecule has 0 saturated heterocycles. The van der Waals surface area contributed by atoms with E-state index in [0.717, 1.165) is 29.5 Å². The van der Waals surface area contributed by atoms with Crippen LogP contribution in [0.1, 0.15) is 47.2 Å². The molecule has 0 radical (unpaired) electrons. The fourth-order valence-electron chi connectivity index (χ4n) is 3.14. The number of nitrogens with one attached hydrogen (secondary N) is 1. The highest BCUT2D eigenvalue weighted by Crippen LogP contribution is 2.22. The van der Waals surface area contributed by atoms with Gasteiger partial charge in [-0.1, -0.05) is 17.2 Å². The van der Waals surface area contributed by atoms with Crippen molar-refractivity contribution in [3.8, 4) is 0 Å². The fourth-order valence-corrected chi connectivity index (χ4v) is 3.14. The van der Waals surface area contributed by atoms with Crippen molar-refractivity contribution in [2.24, 2.45) is 0 Å². The highest BCUT2D eigenvalue weighted by atomic mass is 16.1. The fraction of sp³-hybridized carbons (Fsp3) is 0.588. The van der Waals surface area contributed by atoms with Crippen LogP contribution in [0.4, 0.5) is 0 Å². The third-order valence-corrected chi connectivity index (χ3v) is 4.20. The Morgan fingerprint density at radius 2 is 1.80 bits per heavy atom. The normalized spacial score (nSPS) is 22.9. The molecule has 1 aliphatic rings. The molecule has 1 saturated carbocycles. The topological polar surface area (TPSA) is 32.3 Å². The summed E-state index contributed by atoms with van der Waals surface area (Å²) < 4.78 is 0. The van der Waals surface area contributed by atoms with Crippen LogP contribution in [0.2, 0.25) is 0 Å². The average Bonchev–Trinajstić information content (AvgIpc) is 2.37. The summed E-state index contributed by atoms with van der Waals surface area (Å²) in [5.41, 5.74) is 3.07. The van der Waals surface area contributed by atoms with Gasteiger partial charge in [0.15, 0.2) is 0 Å². The maximum atomic E-state index is 12.4. The third kappa shape index (κ3) is 3.83. The van der Waals surface area contributed by atoms with Gasteiger partial charge in [-0.3, -0.25) is 4.79 Å². The zero-order valence-corrected chi connectivity index (χ0v) is 13.1. The van der Waals surface area contributed by atoms with E-state index in [9.17, 15) is 4.79 Å². The molecule has 3 nitrogen and oxygen atoms in total. The first-order valence-corrected chi connectivity index (χ1v) is 7.51. The van der Waals surface area contributed by atoms with Crippen LogP contribution in [0.25, 0.3) is 0 Å². The predicted octanol–water partition coefficient (Wildman–Crippen LogP) is 2.91. The molecule has 1 N–H and O–H groups in total. The largest absolute Gasteiger partial charge is 0.349 e. The van der Waals surface area contributed by atoms with Crippen molar-refractivity contribution in [1.82, 2.24) is 10.2 Å². The van der Waals surface area contributed by atoms with Gasteiger partial charge in [0.25, 0.3) is 5.91 Å². The van der Waals surface area contributed by atoms with Gasteiger partial charge in [-0.25, -0.2) is 0 Å². The van der Waals surface area contributed by atoms with Crippen molar-refractivity contribution in [2.75, 3.05) is 14.1 Å². The zero-order chi connectivity index (χ0) is 14.7. The highest BCUT2D eigenvalue weighted by molar-refractivity contribution is 5.94. The Hall–Kier alpha value is -1.35. The summed E-state index contributed by atoms with van der Waals surface area (Å²) in [5, 5.41) is 3.21. The van der Waals surface area contributed by atoms with Crippen LogP contribution >= 0.6 is 0 Å². The molecular weight excluding hydrogens is 248 g/mol. The molecule has 1 aliphatic carbocycles. The van der Waals surface area contributed by atoms with Crippen LogP contribution in [0.3, 0.4) is 0 Å². The monoisotopic (exact) mass is 274 g/mol. The molecule has 0 bridgehead atoms. The highest BCUT2D eigenvalue weighted by Gasteiger charge is 2.24. The molecule has 0 aromatic heterocycles. The van der Waals surface area contributed by atoms with E-state index in [2.05, 4.69) is 30.4 Å². The Labute approximate surface area is 122 Å². The average molecular weight is 274 g/mol. The van der Waals surface area contributed by atoms with Gasteiger partial charge in [-0.15, -0.1) is 0 Å². The molecule has 0 spiro atoms. The van der Waals surface area contributed by atoms with E-state index in [0.29, 0.717) is 12.1 Å². The van der Waals surface area contributed by atoms with Gasteiger partial charge in [-0.05, 0) is 65.8 Å². The lowest BCUT2D eigenvalue weighted by Gasteiger charge is -2.33. The molecule has 0 heterocycles. The summed E-state index contributed by atoms with van der Waals surface area (Å²) in [6.45, 7) is 4.07. The van der Waals surface area contributed by atoms with Gasteiger partial charge in [0, 0.05) is 17.6 Å². The number of carbonyl (C=O) groups is 1. The van der Waals surface area contributed by atoms with E-state index in [1.807, 2.05) is 26.0 Å². The Bertz CT molecular complexity index is 462. The second kappa shape index (κ2) is 6.40. The number of hydrogen-bond acceptors (Lipinski definition) is 2. The van der Waals surface area contributed by atoms with Gasteiger partial charge < -0.3 is 10.2 Å². The van der Waals surface area contributed by atoms with Crippen LogP contribution in [0.5, 0.6) is 0 Å². The van der Waals surface area contributed by atoms with Crippen LogP contribution in [-0.4, -0.2) is 37.0 Å². The summed E-state index contributed by atoms with van der Waals surface area (Å²) >= 11 is 0. The summed E-state index contributed by atoms with van der Waals surface area (Å²) in [6, 6.07) is 6.93. The molecule has 1 fully saturated rings. The first-order chi connectivity index (χ1) is 9.45. The Morgan fingerprint density at radius 1 is 1.15 bits per heavy atom. The molecule has 0 unspecified atom stereocenters. The van der Waals surface area contributed by atoms with E-state index in [1.165, 1.54) is 12.8 Å². The molecular formula is C17H26N2O. The second-order valence-electron chi connectivity index (χ2n) is 6.33. The Morgan fingerprint density at radius 3 is 2.40 bits per heavy atom. The summed E-state index contributed by atoms with van der Waals surface area (Å²) in [7, 11) is 4.25. The third-order valence-electron chi connectivity index (χ3n) is 4.20. The van der Waals surface area contributed by atoms with Gasteiger partial charge in [0.05, 0.1) is 0 Å². The van der Waals surface area contributed by atoms with E-state index < -0.39 is 0 Å². The first-order valence-electron chi connectivity index (χ1n) is 7.51. The Kier molecular flexibility index (Phi) is 4.81. The number of hydrogen-bond donors (Lipinski definition) is 1. The molecule has 2 rings (SSSR count). The molecule has 20 heavy (non-hydrogen) atoms. The standard InChI is InChI=1S/C17H26N2O/c1-12-8-13(2)10-14(9-12)17(20)18-15-6-5-7-16(11-15)19(3)4/h8-10,15-16H,5-7,11H2,1-4H3,(H,18,20)/t15-,16-/m1/s1. The summed E-state index contributed by atoms with van der Waals surface area (Å²) in [5.74, 6) is 0.0706. The summed E-state index contributed by atoms with van der Waals surface area (Å²) in [4.78, 5) is 14.6. The van der Waals surface area contributed by atoms with Crippen LogP contribution in [0.15, 0.2) is 18.2 Å². The van der Waals surface area contributed by atoms with Crippen molar-refractivity contribution in [1.29, 1.82) is 0 Å². The van der Waals surface area contributed by atoms with Crippen molar-refractivity contribution in [3.05, 3.63) is 34.9 Å². The van der Waals surface area contributed by atoms with Crippen molar-refractivity contribution >= 4 is 5.91 Å². The van der Waals surface area contributed by atoms with Crippen LogP contribution in [0, 0.1) is 13.8 Å². The van der Waals surface area contributed by atoms with Gasteiger partial charge in [0.2, 0.25) is 0 Å². The molecule has 110 valence electrons. The maximum Gasteiger partial charge on any atom is 0.251 e. The number of carbonyl (C=O) groups excluding carboxylic acids is 1. The van der Waals surface area contributed by atoms with E-state index in [-0.39, 0.29) is 5.91 Å². The molecule has 0 aliphatic heterocycles. The molecule has 1 aromatic rings. The maximum absolute atomic E-state index is 12.4. The van der Waals surface area contributed by atoms with Crippen molar-refractivity contribution in [3.63, 3.8) is 0 Å². The van der Waals surface area contributed by atoms with E-state index >= 15 is 0 Å². The smallest absolute Gasteiger partial charge is 0.251 e. The lowest BCUT2D eigenvalue weighted by atomic mass is 9.90. The quantitative estimate of drug-likeness (QED) is 0.919. The second-order valence-corrected chi connectivity index (χ2v) is 6.33. The molecule has 1 amide bonds. The van der Waals surface area contributed by atoms with Gasteiger partial charge in [-0.2, -0.15) is 0 Å². The minimum Gasteiger partial charge on any atom is -0.349 e. The minimum absolute atomic E-state index is 0.0706. The number of aryl methyl sites for hydroxylation is 2. The van der Waals surface area contributed by atoms with Gasteiger partial charge >= 0.3 is 0 Å². The SMILES string of the molecule is Cc1cc(C)cc(C(=O)N[C@@H]2CCC[C@@H](N(C)C)C2)c1. The molecule has 2 atom stereocenters. The number of nitrogens with zero attached hydrogens (tertiary/aromatic N) is 1. The lowest BCUT2D eigenvalue weighted by Crippen LogP contribution is -2.43. The number of rotatable bonds is 3. The summed E-state index contributed by atoms with van der Waals surface area (Å²) in [6.07, 6.45) is 4.59. The number of amides is 1. The Balaban J connectivity index is 2.00.